The van der Waals surface area contributed by atoms with Crippen LogP contribution in [-0.2, 0) is 7.05 Å². The van der Waals surface area contributed by atoms with Crippen molar-refractivity contribution >= 4 is 23.0 Å². The monoisotopic (exact) mass is 406 g/mol. The molecular formula is C22H22N4O2S. The minimum atomic E-state index is -0.0605. The van der Waals surface area contributed by atoms with Crippen molar-refractivity contribution in [2.45, 2.75) is 25.9 Å². The molecule has 2 atom stereocenters. The maximum Gasteiger partial charge on any atom is 0.231 e. The molecule has 0 radical (unpaired) electrons. The van der Waals surface area contributed by atoms with Gasteiger partial charge >= 0.3 is 0 Å². The molecule has 1 N–H and O–H groups in total. The molecule has 0 aliphatic carbocycles. The van der Waals surface area contributed by atoms with E-state index in [2.05, 4.69) is 46.7 Å². The SMILES string of the molecule is Cc1cc([C@@H]2[C@H](c3ccccn3)NC(=S)N2c2ccc3c(c2)OCO3)c(C)n1C. The normalized spacial score (nSPS) is 20.2. The molecule has 0 saturated carbocycles. The molecule has 1 saturated heterocycles. The van der Waals surface area contributed by atoms with E-state index in [9.17, 15) is 0 Å². The van der Waals surface area contributed by atoms with Crippen LogP contribution in [0.1, 0.15) is 34.7 Å². The number of pyridine rings is 1. The van der Waals surface area contributed by atoms with E-state index in [0.717, 1.165) is 22.9 Å². The Hall–Kier alpha value is -3.06. The maximum absolute atomic E-state index is 5.80. The third kappa shape index (κ3) is 2.84. The number of anilines is 1. The number of benzene rings is 1. The lowest BCUT2D eigenvalue weighted by Crippen LogP contribution is -2.29. The second-order valence-corrected chi connectivity index (χ2v) is 7.81. The zero-order valence-electron chi connectivity index (χ0n) is 16.5. The van der Waals surface area contributed by atoms with Crippen molar-refractivity contribution in [2.24, 2.45) is 7.05 Å². The van der Waals surface area contributed by atoms with Crippen LogP contribution in [0.3, 0.4) is 0 Å². The van der Waals surface area contributed by atoms with Gasteiger partial charge in [0.1, 0.15) is 0 Å². The Morgan fingerprint density at radius 2 is 1.93 bits per heavy atom. The molecule has 6 nitrogen and oxygen atoms in total. The fourth-order valence-corrected chi connectivity index (χ4v) is 4.51. The number of rotatable bonds is 3. The van der Waals surface area contributed by atoms with Crippen LogP contribution in [-0.4, -0.2) is 21.5 Å². The Morgan fingerprint density at radius 1 is 1.10 bits per heavy atom. The summed E-state index contributed by atoms with van der Waals surface area (Å²) in [7, 11) is 2.09. The zero-order chi connectivity index (χ0) is 20.1. The van der Waals surface area contributed by atoms with E-state index in [1.807, 2.05) is 42.6 Å². The van der Waals surface area contributed by atoms with Gasteiger partial charge in [-0.1, -0.05) is 6.07 Å². The van der Waals surface area contributed by atoms with Gasteiger partial charge in [0.05, 0.1) is 17.8 Å². The van der Waals surface area contributed by atoms with Gasteiger partial charge in [-0.25, -0.2) is 0 Å². The van der Waals surface area contributed by atoms with Crippen molar-refractivity contribution in [3.05, 3.63) is 71.3 Å². The summed E-state index contributed by atoms with van der Waals surface area (Å²) in [5, 5.41) is 4.18. The predicted molar refractivity (Wildman–Crippen MR) is 115 cm³/mol. The number of nitrogens with one attached hydrogen (secondary N) is 1. The Kier molecular flexibility index (Phi) is 4.20. The highest BCUT2D eigenvalue weighted by molar-refractivity contribution is 7.80. The third-order valence-corrected chi connectivity index (χ3v) is 6.18. The average molecular weight is 407 g/mol. The van der Waals surface area contributed by atoms with Gasteiger partial charge in [0.2, 0.25) is 6.79 Å². The van der Waals surface area contributed by atoms with Crippen molar-refractivity contribution in [1.29, 1.82) is 0 Å². The number of fused-ring (bicyclic) bond motifs is 1. The number of aryl methyl sites for hydroxylation is 1. The van der Waals surface area contributed by atoms with Crippen molar-refractivity contribution in [2.75, 3.05) is 11.7 Å². The van der Waals surface area contributed by atoms with E-state index < -0.39 is 0 Å². The minimum absolute atomic E-state index is 0.0299. The smallest absolute Gasteiger partial charge is 0.231 e. The summed E-state index contributed by atoms with van der Waals surface area (Å²) in [5.74, 6) is 1.50. The summed E-state index contributed by atoms with van der Waals surface area (Å²) < 4.78 is 13.3. The summed E-state index contributed by atoms with van der Waals surface area (Å²) in [5.41, 5.74) is 5.58. The highest BCUT2D eigenvalue weighted by Gasteiger charge is 2.42. The summed E-state index contributed by atoms with van der Waals surface area (Å²) in [4.78, 5) is 6.78. The highest BCUT2D eigenvalue weighted by atomic mass is 32.1. The number of ether oxygens (including phenoxy) is 2. The number of thiocarbonyl (C=S) groups is 1. The molecule has 4 heterocycles. The van der Waals surface area contributed by atoms with Crippen LogP contribution in [0, 0.1) is 13.8 Å². The van der Waals surface area contributed by atoms with Gasteiger partial charge in [-0.15, -0.1) is 0 Å². The van der Waals surface area contributed by atoms with Gasteiger partial charge in [0.15, 0.2) is 16.6 Å². The average Bonchev–Trinajstić information content (AvgIpc) is 3.40. The standard InChI is InChI=1S/C22H22N4O2S/c1-13-10-16(14(2)25(13)3)21-20(17-6-4-5-9-23-17)24-22(29)26(21)15-7-8-18-19(11-15)28-12-27-18/h4-11,20-21H,12H2,1-3H3,(H,24,29)/t20-,21+/m0/s1. The van der Waals surface area contributed by atoms with E-state index in [1.165, 1.54) is 17.0 Å². The van der Waals surface area contributed by atoms with Gasteiger partial charge in [-0.3, -0.25) is 4.98 Å². The molecule has 0 bridgehead atoms. The summed E-state index contributed by atoms with van der Waals surface area (Å²) in [6, 6.07) is 14.1. The van der Waals surface area contributed by atoms with Crippen molar-refractivity contribution < 1.29 is 9.47 Å². The predicted octanol–water partition coefficient (Wildman–Crippen LogP) is 3.94. The van der Waals surface area contributed by atoms with Crippen LogP contribution in [0.15, 0.2) is 48.7 Å². The molecule has 2 aromatic heterocycles. The quantitative estimate of drug-likeness (QED) is 0.665. The van der Waals surface area contributed by atoms with Crippen LogP contribution in [0.4, 0.5) is 5.69 Å². The van der Waals surface area contributed by atoms with Gasteiger partial charge in [-0.2, -0.15) is 0 Å². The van der Waals surface area contributed by atoms with E-state index in [-0.39, 0.29) is 18.9 Å². The number of hydrogen-bond donors (Lipinski definition) is 1. The molecule has 5 rings (SSSR count). The van der Waals surface area contributed by atoms with E-state index in [1.54, 1.807) is 0 Å². The molecule has 148 valence electrons. The van der Waals surface area contributed by atoms with Crippen molar-refractivity contribution in [3.63, 3.8) is 0 Å². The van der Waals surface area contributed by atoms with E-state index >= 15 is 0 Å². The van der Waals surface area contributed by atoms with Crippen LogP contribution >= 0.6 is 12.2 Å². The van der Waals surface area contributed by atoms with E-state index in [0.29, 0.717) is 5.11 Å². The van der Waals surface area contributed by atoms with Crippen molar-refractivity contribution in [3.8, 4) is 11.5 Å². The Labute approximate surface area is 175 Å². The van der Waals surface area contributed by atoms with Crippen LogP contribution in [0.25, 0.3) is 0 Å². The van der Waals surface area contributed by atoms with Crippen molar-refractivity contribution in [1.82, 2.24) is 14.9 Å². The largest absolute Gasteiger partial charge is 0.454 e. The Balaban J connectivity index is 1.66. The summed E-state index contributed by atoms with van der Waals surface area (Å²) >= 11 is 5.80. The summed E-state index contributed by atoms with van der Waals surface area (Å²) in [6.07, 6.45) is 1.82. The lowest BCUT2D eigenvalue weighted by atomic mass is 9.96. The molecule has 1 fully saturated rings. The second-order valence-electron chi connectivity index (χ2n) is 7.42. The molecule has 0 spiro atoms. The first-order valence-electron chi connectivity index (χ1n) is 9.57. The van der Waals surface area contributed by atoms with Gasteiger partial charge in [0, 0.05) is 36.4 Å². The molecule has 1 aromatic carbocycles. The van der Waals surface area contributed by atoms with Crippen LogP contribution < -0.4 is 19.7 Å². The first-order valence-corrected chi connectivity index (χ1v) is 9.98. The maximum atomic E-state index is 5.80. The fraction of sp³-hybridized carbons (Fsp3) is 0.273. The topological polar surface area (TPSA) is 51.6 Å². The molecule has 2 aliphatic rings. The molecule has 0 amide bonds. The highest BCUT2D eigenvalue weighted by Crippen LogP contribution is 2.45. The van der Waals surface area contributed by atoms with Gasteiger partial charge < -0.3 is 24.3 Å². The fourth-order valence-electron chi connectivity index (χ4n) is 4.17. The third-order valence-electron chi connectivity index (χ3n) is 5.87. The number of hydrogen-bond acceptors (Lipinski definition) is 4. The molecule has 0 unspecified atom stereocenters. The number of aromatic nitrogens is 2. The summed E-state index contributed by atoms with van der Waals surface area (Å²) in [6.45, 7) is 4.52. The van der Waals surface area contributed by atoms with E-state index in [4.69, 9.17) is 21.7 Å². The van der Waals surface area contributed by atoms with Crippen LogP contribution in [0.2, 0.25) is 0 Å². The van der Waals surface area contributed by atoms with Crippen LogP contribution in [0.5, 0.6) is 11.5 Å². The van der Waals surface area contributed by atoms with Gasteiger partial charge in [0.25, 0.3) is 0 Å². The molecule has 7 heteroatoms. The molecular weight excluding hydrogens is 384 g/mol. The minimum Gasteiger partial charge on any atom is -0.454 e. The first-order chi connectivity index (χ1) is 14.0. The molecule has 2 aliphatic heterocycles. The Morgan fingerprint density at radius 3 is 2.66 bits per heavy atom. The number of nitrogens with zero attached hydrogens (tertiary/aromatic N) is 3. The van der Waals surface area contributed by atoms with Gasteiger partial charge in [-0.05, 0) is 62.0 Å². The molecule has 3 aromatic rings. The Bertz CT molecular complexity index is 1100. The second kappa shape index (κ2) is 6.77. The lowest BCUT2D eigenvalue weighted by Gasteiger charge is -2.28. The lowest BCUT2D eigenvalue weighted by molar-refractivity contribution is 0.174. The first kappa shape index (κ1) is 18.0. The zero-order valence-corrected chi connectivity index (χ0v) is 17.4. The molecule has 29 heavy (non-hydrogen) atoms.